The van der Waals surface area contributed by atoms with Gasteiger partial charge in [-0.25, -0.2) is 0 Å². The second-order valence-corrected chi connectivity index (χ2v) is 25.5. The SMILES string of the molecule is CCCCCC[C@@H](C)CCCCCCCCCO[C@H](CO)COCCCCCCCCCCCCCCCCCCCCCCCCCCCCCCCCOC[C@@H](CO)OCCCCCCCCC[C@H](C)CCCCCC. The van der Waals surface area contributed by atoms with Gasteiger partial charge in [-0.3, -0.25) is 0 Å². The molecule has 0 spiro atoms. The minimum absolute atomic E-state index is 0.0609. The molecule has 0 aliphatic rings. The average Bonchev–Trinajstić information content (AvgIpc) is 3.44. The Morgan fingerprint density at radius 1 is 0.231 bits per heavy atom. The van der Waals surface area contributed by atoms with Crippen molar-refractivity contribution in [2.24, 2.45) is 11.8 Å². The fraction of sp³-hybridized carbons (Fsp3) is 1.00. The lowest BCUT2D eigenvalue weighted by atomic mass is 9.96. The van der Waals surface area contributed by atoms with E-state index >= 15 is 0 Å². The molecule has 0 fully saturated rings. The van der Waals surface area contributed by atoms with Crippen LogP contribution in [-0.2, 0) is 18.9 Å². The first-order valence-electron chi connectivity index (χ1n) is 36.2. The lowest BCUT2D eigenvalue weighted by molar-refractivity contribution is -0.0437. The maximum atomic E-state index is 9.71. The van der Waals surface area contributed by atoms with Gasteiger partial charge in [0.2, 0.25) is 0 Å². The van der Waals surface area contributed by atoms with Crippen molar-refractivity contribution < 1.29 is 29.2 Å². The van der Waals surface area contributed by atoms with Gasteiger partial charge >= 0.3 is 0 Å². The van der Waals surface area contributed by atoms with Crippen molar-refractivity contribution >= 4 is 0 Å². The Bertz CT molecular complexity index is 962. The molecule has 0 aliphatic heterocycles. The number of unbranched alkanes of at least 4 members (excludes halogenated alkanes) is 47. The molecule has 0 saturated heterocycles. The molecular weight excluding hydrogens is 961 g/mol. The van der Waals surface area contributed by atoms with E-state index in [1.54, 1.807) is 0 Å². The Balaban J connectivity index is 3.27. The van der Waals surface area contributed by atoms with Gasteiger partial charge in [0, 0.05) is 26.4 Å². The Kier molecular flexibility index (Phi) is 69.0. The molecule has 0 amide bonds. The molecule has 0 radical (unpaired) electrons. The third-order valence-corrected chi connectivity index (χ3v) is 17.3. The number of aliphatic hydroxyl groups excluding tert-OH is 2. The van der Waals surface area contributed by atoms with Gasteiger partial charge in [-0.05, 0) is 37.5 Å². The minimum atomic E-state index is -0.163. The average molecular weight is 1110 g/mol. The third kappa shape index (κ3) is 64.9. The summed E-state index contributed by atoms with van der Waals surface area (Å²) in [5.74, 6) is 1.82. The van der Waals surface area contributed by atoms with E-state index in [0.717, 1.165) is 63.9 Å². The van der Waals surface area contributed by atoms with Gasteiger partial charge in [-0.2, -0.15) is 0 Å². The van der Waals surface area contributed by atoms with Crippen LogP contribution in [0.5, 0.6) is 0 Å². The predicted octanol–water partition coefficient (Wildman–Crippen LogP) is 22.9. The number of hydrogen-bond donors (Lipinski definition) is 2. The summed E-state index contributed by atoms with van der Waals surface area (Å²) in [6.07, 6.45) is 76.7. The van der Waals surface area contributed by atoms with E-state index < -0.39 is 0 Å². The molecule has 0 unspecified atom stereocenters. The van der Waals surface area contributed by atoms with Crippen molar-refractivity contribution in [3.05, 3.63) is 0 Å². The zero-order chi connectivity index (χ0) is 56.4. The summed E-state index contributed by atoms with van der Waals surface area (Å²) in [6.45, 7) is 13.8. The number of aliphatic hydroxyl groups is 2. The summed E-state index contributed by atoms with van der Waals surface area (Å²) >= 11 is 0. The maximum absolute atomic E-state index is 9.71. The van der Waals surface area contributed by atoms with E-state index in [9.17, 15) is 10.2 Å². The summed E-state index contributed by atoms with van der Waals surface area (Å²) in [6, 6.07) is 0. The van der Waals surface area contributed by atoms with Crippen LogP contribution < -0.4 is 0 Å². The van der Waals surface area contributed by atoms with Gasteiger partial charge in [0.05, 0.1) is 26.4 Å². The lowest BCUT2D eigenvalue weighted by Gasteiger charge is -2.15. The van der Waals surface area contributed by atoms with E-state index in [0.29, 0.717) is 13.2 Å². The number of hydrogen-bond acceptors (Lipinski definition) is 6. The van der Waals surface area contributed by atoms with Crippen LogP contribution in [0.25, 0.3) is 0 Å². The molecule has 4 atom stereocenters. The van der Waals surface area contributed by atoms with Gasteiger partial charge in [0.15, 0.2) is 0 Å². The Morgan fingerprint density at radius 3 is 0.615 bits per heavy atom. The molecule has 0 rings (SSSR count). The van der Waals surface area contributed by atoms with E-state index in [4.69, 9.17) is 18.9 Å². The van der Waals surface area contributed by atoms with E-state index in [1.807, 2.05) is 0 Å². The van der Waals surface area contributed by atoms with Crippen LogP contribution in [0.4, 0.5) is 0 Å². The largest absolute Gasteiger partial charge is 0.394 e. The van der Waals surface area contributed by atoms with Gasteiger partial charge in [-0.15, -0.1) is 0 Å². The van der Waals surface area contributed by atoms with Gasteiger partial charge in [-0.1, -0.05) is 362 Å². The monoisotopic (exact) mass is 1110 g/mol. The summed E-state index contributed by atoms with van der Waals surface area (Å²) in [5, 5.41) is 19.4. The third-order valence-electron chi connectivity index (χ3n) is 17.3. The molecule has 0 bridgehead atoms. The van der Waals surface area contributed by atoms with Crippen LogP contribution in [0.1, 0.15) is 387 Å². The second-order valence-electron chi connectivity index (χ2n) is 25.5. The van der Waals surface area contributed by atoms with Crippen molar-refractivity contribution in [1.82, 2.24) is 0 Å². The van der Waals surface area contributed by atoms with Crippen molar-refractivity contribution in [1.29, 1.82) is 0 Å². The molecule has 0 heterocycles. The fourth-order valence-corrected chi connectivity index (χ4v) is 11.7. The normalized spacial score (nSPS) is 13.5. The molecule has 2 N–H and O–H groups in total. The summed E-state index contributed by atoms with van der Waals surface area (Å²) in [5.41, 5.74) is 0. The molecule has 78 heavy (non-hydrogen) atoms. The lowest BCUT2D eigenvalue weighted by Crippen LogP contribution is -2.24. The maximum Gasteiger partial charge on any atom is 0.104 e. The van der Waals surface area contributed by atoms with Crippen molar-refractivity contribution in [3.8, 4) is 0 Å². The Morgan fingerprint density at radius 2 is 0.410 bits per heavy atom. The van der Waals surface area contributed by atoms with Crippen molar-refractivity contribution in [2.75, 3.05) is 52.9 Å². The molecule has 470 valence electrons. The van der Waals surface area contributed by atoms with Crippen LogP contribution in [0, 0.1) is 11.8 Å². The highest BCUT2D eigenvalue weighted by atomic mass is 16.5. The molecule has 0 saturated carbocycles. The zero-order valence-electron chi connectivity index (χ0n) is 54.1. The highest BCUT2D eigenvalue weighted by molar-refractivity contribution is 4.60. The predicted molar refractivity (Wildman–Crippen MR) is 344 cm³/mol. The molecule has 6 heteroatoms. The van der Waals surface area contributed by atoms with E-state index in [2.05, 4.69) is 27.7 Å². The first-order valence-corrected chi connectivity index (χ1v) is 36.2. The quantitative estimate of drug-likeness (QED) is 0.0591. The van der Waals surface area contributed by atoms with Crippen molar-refractivity contribution in [2.45, 2.75) is 399 Å². The summed E-state index contributed by atoms with van der Waals surface area (Å²) in [4.78, 5) is 0. The summed E-state index contributed by atoms with van der Waals surface area (Å²) < 4.78 is 23.6. The molecule has 0 aromatic carbocycles. The minimum Gasteiger partial charge on any atom is -0.394 e. The smallest absolute Gasteiger partial charge is 0.104 e. The number of ether oxygens (including phenoxy) is 4. The van der Waals surface area contributed by atoms with Gasteiger partial charge in [0.1, 0.15) is 12.2 Å². The van der Waals surface area contributed by atoms with Crippen LogP contribution in [0.15, 0.2) is 0 Å². The highest BCUT2D eigenvalue weighted by Gasteiger charge is 2.10. The first kappa shape index (κ1) is 77.8. The van der Waals surface area contributed by atoms with Crippen molar-refractivity contribution in [3.63, 3.8) is 0 Å². The van der Waals surface area contributed by atoms with E-state index in [-0.39, 0.29) is 25.4 Å². The standard InChI is InChI=1S/C72H146O6/c1-5-7-9-49-57-69(3)59-51-43-37-35-41-47-55-63-77-71(65-73)67-75-61-53-45-39-33-31-29-27-25-23-21-19-17-15-13-11-12-14-16-18-20-22-24-26-28-30-32-34-40-46-54-62-76-68-72(66-74)78-64-56-48-42-36-38-44-52-60-70(4)58-50-10-8-6-2/h69-74H,5-68H2,1-4H3/t69-,70-,71-,72-/m1/s1. The molecule has 0 aromatic heterocycles. The summed E-state index contributed by atoms with van der Waals surface area (Å²) in [7, 11) is 0. The molecule has 0 aliphatic carbocycles. The van der Waals surface area contributed by atoms with Gasteiger partial charge in [0.25, 0.3) is 0 Å². The van der Waals surface area contributed by atoms with Crippen LogP contribution in [0.2, 0.25) is 0 Å². The molecular formula is C72H146O6. The number of rotatable bonds is 71. The fourth-order valence-electron chi connectivity index (χ4n) is 11.7. The highest BCUT2D eigenvalue weighted by Crippen LogP contribution is 2.21. The van der Waals surface area contributed by atoms with Gasteiger partial charge < -0.3 is 29.2 Å². The Labute approximate surface area is 491 Å². The van der Waals surface area contributed by atoms with E-state index in [1.165, 1.54) is 334 Å². The van der Waals surface area contributed by atoms with Crippen LogP contribution >= 0.6 is 0 Å². The molecule has 0 aromatic rings. The van der Waals surface area contributed by atoms with Crippen LogP contribution in [-0.4, -0.2) is 75.3 Å². The topological polar surface area (TPSA) is 77.4 Å². The first-order chi connectivity index (χ1) is 38.6. The zero-order valence-corrected chi connectivity index (χ0v) is 54.1. The Hall–Kier alpha value is -0.240. The van der Waals surface area contributed by atoms with Crippen LogP contribution in [0.3, 0.4) is 0 Å². The second kappa shape index (κ2) is 69.3. The molecule has 6 nitrogen and oxygen atoms in total.